The molecule has 0 saturated heterocycles. The number of carboxylic acid groups (broad SMARTS) is 1. The number of carbonyl (C=O) groups is 1. The molecule has 0 radical (unpaired) electrons. The van der Waals surface area contributed by atoms with Gasteiger partial charge in [0, 0.05) is 13.7 Å². The number of methoxy groups -OCH3 is 1. The molecule has 0 spiro atoms. The lowest BCUT2D eigenvalue weighted by Gasteiger charge is -2.09. The molecule has 1 unspecified atom stereocenters. The van der Waals surface area contributed by atoms with Crippen LogP contribution in [0.15, 0.2) is 16.7 Å². The fourth-order valence-corrected chi connectivity index (χ4v) is 1.20. The Kier molecular flexibility index (Phi) is 4.97. The van der Waals surface area contributed by atoms with Crippen LogP contribution in [0.3, 0.4) is 0 Å². The number of rotatable bonds is 7. The SMILES string of the molecule is COCC(O)CNCc1cc(C(=O)O)co1. The second kappa shape index (κ2) is 6.26. The zero-order valence-corrected chi connectivity index (χ0v) is 8.97. The molecule has 0 aliphatic heterocycles. The highest BCUT2D eigenvalue weighted by molar-refractivity contribution is 5.87. The highest BCUT2D eigenvalue weighted by Crippen LogP contribution is 2.07. The maximum Gasteiger partial charge on any atom is 0.338 e. The molecule has 1 aromatic rings. The van der Waals surface area contributed by atoms with Gasteiger partial charge in [-0.05, 0) is 6.07 Å². The quantitative estimate of drug-likeness (QED) is 0.613. The maximum absolute atomic E-state index is 10.5. The van der Waals surface area contributed by atoms with Crippen LogP contribution in [0.25, 0.3) is 0 Å². The molecule has 3 N–H and O–H groups in total. The Labute approximate surface area is 92.8 Å². The van der Waals surface area contributed by atoms with Crippen molar-refractivity contribution in [1.82, 2.24) is 5.32 Å². The monoisotopic (exact) mass is 229 g/mol. The fraction of sp³-hybridized carbons (Fsp3) is 0.500. The third-order valence-corrected chi connectivity index (χ3v) is 1.94. The molecule has 1 rings (SSSR count). The third kappa shape index (κ3) is 4.01. The Bertz CT molecular complexity index is 336. The molecule has 0 bridgehead atoms. The molecular formula is C10H15NO5. The predicted octanol–water partition coefficient (Wildman–Crippen LogP) is 0.0747. The summed E-state index contributed by atoms with van der Waals surface area (Å²) in [6, 6.07) is 1.44. The number of ether oxygens (including phenoxy) is 1. The second-order valence-corrected chi connectivity index (χ2v) is 3.35. The Hall–Kier alpha value is -1.37. The molecule has 0 fully saturated rings. The normalized spacial score (nSPS) is 12.6. The second-order valence-electron chi connectivity index (χ2n) is 3.35. The van der Waals surface area contributed by atoms with E-state index in [0.29, 0.717) is 18.8 Å². The largest absolute Gasteiger partial charge is 0.478 e. The van der Waals surface area contributed by atoms with E-state index in [2.05, 4.69) is 5.32 Å². The van der Waals surface area contributed by atoms with Crippen LogP contribution in [-0.2, 0) is 11.3 Å². The number of aliphatic hydroxyl groups excluding tert-OH is 1. The van der Waals surface area contributed by atoms with E-state index in [1.165, 1.54) is 19.4 Å². The van der Waals surface area contributed by atoms with Crippen LogP contribution in [0.4, 0.5) is 0 Å². The molecule has 0 aliphatic rings. The van der Waals surface area contributed by atoms with E-state index in [4.69, 9.17) is 14.3 Å². The minimum Gasteiger partial charge on any atom is -0.478 e. The van der Waals surface area contributed by atoms with Crippen molar-refractivity contribution in [3.05, 3.63) is 23.7 Å². The van der Waals surface area contributed by atoms with Crippen molar-refractivity contribution in [2.24, 2.45) is 0 Å². The number of furan rings is 1. The molecule has 6 nitrogen and oxygen atoms in total. The maximum atomic E-state index is 10.5. The Balaban J connectivity index is 2.29. The number of aliphatic hydroxyl groups is 1. The van der Waals surface area contributed by atoms with Gasteiger partial charge in [-0.3, -0.25) is 0 Å². The van der Waals surface area contributed by atoms with Crippen molar-refractivity contribution in [2.75, 3.05) is 20.3 Å². The van der Waals surface area contributed by atoms with Gasteiger partial charge in [-0.15, -0.1) is 0 Å². The van der Waals surface area contributed by atoms with E-state index in [1.54, 1.807) is 0 Å². The predicted molar refractivity (Wildman–Crippen MR) is 55.3 cm³/mol. The molecule has 0 aliphatic carbocycles. The van der Waals surface area contributed by atoms with Crippen LogP contribution < -0.4 is 5.32 Å². The van der Waals surface area contributed by atoms with Gasteiger partial charge in [0.15, 0.2) is 0 Å². The molecule has 0 aromatic carbocycles. The standard InChI is InChI=1S/C10H15NO5/c1-15-6-8(12)3-11-4-9-2-7(5-16-9)10(13)14/h2,5,8,11-12H,3-4,6H2,1H3,(H,13,14). The smallest absolute Gasteiger partial charge is 0.338 e. The van der Waals surface area contributed by atoms with Crippen LogP contribution in [0.5, 0.6) is 0 Å². The summed E-state index contributed by atoms with van der Waals surface area (Å²) in [5.41, 5.74) is 0.120. The summed E-state index contributed by atoms with van der Waals surface area (Å²) in [4.78, 5) is 10.5. The fourth-order valence-electron chi connectivity index (χ4n) is 1.20. The van der Waals surface area contributed by atoms with Crippen LogP contribution in [-0.4, -0.2) is 42.5 Å². The summed E-state index contributed by atoms with van der Waals surface area (Å²) in [5.74, 6) is -0.503. The summed E-state index contributed by atoms with van der Waals surface area (Å²) < 4.78 is 9.76. The molecule has 1 atom stereocenters. The van der Waals surface area contributed by atoms with Gasteiger partial charge >= 0.3 is 5.97 Å². The first kappa shape index (κ1) is 12.7. The average molecular weight is 229 g/mol. The summed E-state index contributed by atoms with van der Waals surface area (Å²) in [6.07, 6.45) is 0.601. The van der Waals surface area contributed by atoms with Gasteiger partial charge in [0.25, 0.3) is 0 Å². The topological polar surface area (TPSA) is 91.9 Å². The number of aromatic carboxylic acids is 1. The van der Waals surface area contributed by atoms with Crippen LogP contribution in [0.2, 0.25) is 0 Å². The number of hydrogen-bond acceptors (Lipinski definition) is 5. The average Bonchev–Trinajstić information content (AvgIpc) is 2.67. The van der Waals surface area contributed by atoms with Gasteiger partial charge < -0.3 is 24.7 Å². The first-order chi connectivity index (χ1) is 7.63. The molecule has 0 saturated carbocycles. The van der Waals surface area contributed by atoms with Gasteiger partial charge in [-0.25, -0.2) is 4.79 Å². The minimum absolute atomic E-state index is 0.120. The van der Waals surface area contributed by atoms with Crippen molar-refractivity contribution < 1.29 is 24.2 Å². The lowest BCUT2D eigenvalue weighted by molar-refractivity contribution is 0.0641. The molecule has 16 heavy (non-hydrogen) atoms. The van der Waals surface area contributed by atoms with Gasteiger partial charge in [0.2, 0.25) is 0 Å². The minimum atomic E-state index is -1.02. The van der Waals surface area contributed by atoms with Crippen molar-refractivity contribution in [3.8, 4) is 0 Å². The first-order valence-electron chi connectivity index (χ1n) is 4.82. The van der Waals surface area contributed by atoms with E-state index in [0.717, 1.165) is 0 Å². The van der Waals surface area contributed by atoms with Gasteiger partial charge in [0.05, 0.1) is 24.8 Å². The summed E-state index contributed by atoms with van der Waals surface area (Å²) >= 11 is 0. The van der Waals surface area contributed by atoms with Crippen molar-refractivity contribution >= 4 is 5.97 Å². The van der Waals surface area contributed by atoms with Crippen LogP contribution >= 0.6 is 0 Å². The molecular weight excluding hydrogens is 214 g/mol. The molecule has 1 heterocycles. The van der Waals surface area contributed by atoms with Crippen LogP contribution in [0.1, 0.15) is 16.1 Å². The summed E-state index contributed by atoms with van der Waals surface area (Å²) in [5, 5.41) is 20.9. The number of carboxylic acids is 1. The summed E-state index contributed by atoms with van der Waals surface area (Å²) in [6.45, 7) is 0.983. The first-order valence-corrected chi connectivity index (χ1v) is 4.82. The van der Waals surface area contributed by atoms with Crippen molar-refractivity contribution in [3.63, 3.8) is 0 Å². The van der Waals surface area contributed by atoms with Crippen LogP contribution in [0, 0.1) is 0 Å². The Morgan fingerprint density at radius 3 is 3.00 bits per heavy atom. The Morgan fingerprint density at radius 2 is 2.44 bits per heavy atom. The van der Waals surface area contributed by atoms with Gasteiger partial charge in [-0.2, -0.15) is 0 Å². The lowest BCUT2D eigenvalue weighted by atomic mass is 10.3. The van der Waals surface area contributed by atoms with Gasteiger partial charge in [0.1, 0.15) is 12.0 Å². The van der Waals surface area contributed by atoms with E-state index < -0.39 is 12.1 Å². The number of nitrogens with one attached hydrogen (secondary N) is 1. The molecule has 90 valence electrons. The van der Waals surface area contributed by atoms with E-state index >= 15 is 0 Å². The van der Waals surface area contributed by atoms with E-state index in [1.807, 2.05) is 0 Å². The highest BCUT2D eigenvalue weighted by atomic mass is 16.5. The zero-order chi connectivity index (χ0) is 12.0. The third-order valence-electron chi connectivity index (χ3n) is 1.94. The van der Waals surface area contributed by atoms with E-state index in [9.17, 15) is 9.90 Å². The zero-order valence-electron chi connectivity index (χ0n) is 8.97. The lowest BCUT2D eigenvalue weighted by Crippen LogP contribution is -2.29. The molecule has 6 heteroatoms. The molecule has 0 amide bonds. The van der Waals surface area contributed by atoms with Crippen molar-refractivity contribution in [2.45, 2.75) is 12.6 Å². The summed E-state index contributed by atoms with van der Waals surface area (Å²) in [7, 11) is 1.51. The van der Waals surface area contributed by atoms with Crippen molar-refractivity contribution in [1.29, 1.82) is 0 Å². The molecule has 1 aromatic heterocycles. The van der Waals surface area contributed by atoms with Gasteiger partial charge in [-0.1, -0.05) is 0 Å². The Morgan fingerprint density at radius 1 is 1.69 bits per heavy atom. The number of hydrogen-bond donors (Lipinski definition) is 3. The highest BCUT2D eigenvalue weighted by Gasteiger charge is 2.08. The van der Waals surface area contributed by atoms with E-state index in [-0.39, 0.29) is 12.2 Å².